The number of fused-ring (bicyclic) bond motifs is 1. The molecule has 1 atom stereocenters. The van der Waals surface area contributed by atoms with Crippen molar-refractivity contribution in [1.29, 1.82) is 0 Å². The first kappa shape index (κ1) is 26.4. The van der Waals surface area contributed by atoms with Crippen molar-refractivity contribution in [1.82, 2.24) is 10.2 Å². The number of carbonyl (C=O) groups is 4. The number of carbonyl (C=O) groups excluding carboxylic acids is 4. The summed E-state index contributed by atoms with van der Waals surface area (Å²) in [7, 11) is 3.05. The molecule has 39 heavy (non-hydrogen) atoms. The van der Waals surface area contributed by atoms with E-state index in [1.54, 1.807) is 47.4 Å². The van der Waals surface area contributed by atoms with Crippen LogP contribution in [-0.2, 0) is 14.4 Å². The van der Waals surface area contributed by atoms with Crippen molar-refractivity contribution in [3.05, 3.63) is 46.9 Å². The summed E-state index contributed by atoms with van der Waals surface area (Å²) in [5.74, 6) is 0.784. The van der Waals surface area contributed by atoms with Crippen molar-refractivity contribution in [2.75, 3.05) is 52.0 Å². The molecule has 3 aliphatic heterocycles. The summed E-state index contributed by atoms with van der Waals surface area (Å²) in [5, 5.41) is 2.34. The second-order valence-electron chi connectivity index (χ2n) is 8.97. The summed E-state index contributed by atoms with van der Waals surface area (Å²) in [6.07, 6.45) is 1.68. The minimum absolute atomic E-state index is 0.0201. The second kappa shape index (κ2) is 11.3. The van der Waals surface area contributed by atoms with Crippen molar-refractivity contribution in [3.63, 3.8) is 0 Å². The molecule has 2 aromatic carbocycles. The third kappa shape index (κ3) is 5.51. The zero-order valence-electron chi connectivity index (χ0n) is 21.4. The molecule has 0 unspecified atom stereocenters. The lowest BCUT2D eigenvalue weighted by molar-refractivity contribution is -0.127. The number of methoxy groups -OCH3 is 2. The molecule has 0 radical (unpaired) electrons. The van der Waals surface area contributed by atoms with Gasteiger partial charge in [0.1, 0.15) is 13.2 Å². The molecule has 3 heterocycles. The third-order valence-electron chi connectivity index (χ3n) is 6.55. The molecule has 0 saturated carbocycles. The molecular formula is C27H27N3O8S. The van der Waals surface area contributed by atoms with Gasteiger partial charge in [0.2, 0.25) is 11.8 Å². The van der Waals surface area contributed by atoms with Crippen LogP contribution in [0.4, 0.5) is 10.5 Å². The molecule has 2 saturated heterocycles. The summed E-state index contributed by atoms with van der Waals surface area (Å²) in [6, 6.07) is 10.4. The Balaban J connectivity index is 1.15. The molecule has 1 N–H and O–H groups in total. The minimum atomic E-state index is -0.550. The van der Waals surface area contributed by atoms with Gasteiger partial charge in [-0.3, -0.25) is 24.1 Å². The lowest BCUT2D eigenvalue weighted by atomic mass is 10.1. The average Bonchev–Trinajstić information content (AvgIpc) is 3.47. The normalized spacial score (nSPS) is 19.6. The number of nitrogens with zero attached hydrogens (tertiary/aromatic N) is 2. The van der Waals surface area contributed by atoms with Crippen molar-refractivity contribution < 1.29 is 38.1 Å². The quantitative estimate of drug-likeness (QED) is 0.492. The molecule has 0 aromatic heterocycles. The van der Waals surface area contributed by atoms with Crippen LogP contribution in [0.15, 0.2) is 41.3 Å². The van der Waals surface area contributed by atoms with Crippen LogP contribution in [0.5, 0.6) is 23.0 Å². The van der Waals surface area contributed by atoms with Crippen molar-refractivity contribution in [2.45, 2.75) is 6.42 Å². The number of imide groups is 1. The predicted molar refractivity (Wildman–Crippen MR) is 143 cm³/mol. The van der Waals surface area contributed by atoms with Gasteiger partial charge in [0.25, 0.3) is 11.1 Å². The Morgan fingerprint density at radius 3 is 2.59 bits per heavy atom. The Morgan fingerprint density at radius 1 is 1.05 bits per heavy atom. The second-order valence-corrected chi connectivity index (χ2v) is 9.97. The van der Waals surface area contributed by atoms with Gasteiger partial charge in [0.15, 0.2) is 23.0 Å². The maximum atomic E-state index is 12.9. The Kier molecular flexibility index (Phi) is 7.64. The third-order valence-corrected chi connectivity index (χ3v) is 7.45. The predicted octanol–water partition coefficient (Wildman–Crippen LogP) is 2.68. The van der Waals surface area contributed by atoms with Gasteiger partial charge >= 0.3 is 0 Å². The van der Waals surface area contributed by atoms with E-state index in [4.69, 9.17) is 18.9 Å². The largest absolute Gasteiger partial charge is 0.493 e. The van der Waals surface area contributed by atoms with E-state index in [-0.39, 0.29) is 42.8 Å². The van der Waals surface area contributed by atoms with Crippen LogP contribution in [0, 0.1) is 5.92 Å². The van der Waals surface area contributed by atoms with Gasteiger partial charge in [0, 0.05) is 37.8 Å². The highest BCUT2D eigenvalue weighted by molar-refractivity contribution is 8.18. The summed E-state index contributed by atoms with van der Waals surface area (Å²) < 4.78 is 21.6. The smallest absolute Gasteiger partial charge is 0.293 e. The van der Waals surface area contributed by atoms with E-state index in [0.29, 0.717) is 47.5 Å². The van der Waals surface area contributed by atoms with Crippen LogP contribution in [0.25, 0.3) is 6.08 Å². The minimum Gasteiger partial charge on any atom is -0.493 e. The van der Waals surface area contributed by atoms with E-state index in [2.05, 4.69) is 5.32 Å². The van der Waals surface area contributed by atoms with Gasteiger partial charge in [-0.15, -0.1) is 0 Å². The summed E-state index contributed by atoms with van der Waals surface area (Å²) in [6.45, 7) is 1.23. The van der Waals surface area contributed by atoms with Crippen LogP contribution in [0.1, 0.15) is 12.0 Å². The van der Waals surface area contributed by atoms with E-state index in [0.717, 1.165) is 16.7 Å². The van der Waals surface area contributed by atoms with Gasteiger partial charge in [-0.25, -0.2) is 0 Å². The SMILES string of the molecule is COc1ccc(/C=C2/SC(=O)N(CCNC(=O)[C@H]3CC(=O)N(c4ccc5c(c4)OCCO5)C3)C2=O)cc1OC. The van der Waals surface area contributed by atoms with Crippen LogP contribution in [-0.4, -0.2) is 74.9 Å². The molecule has 12 heteroatoms. The maximum absolute atomic E-state index is 12.9. The molecule has 0 aliphatic carbocycles. The van der Waals surface area contributed by atoms with Crippen molar-refractivity contribution in [2.24, 2.45) is 5.92 Å². The molecular weight excluding hydrogens is 526 g/mol. The number of ether oxygens (including phenoxy) is 4. The van der Waals surface area contributed by atoms with Gasteiger partial charge in [-0.2, -0.15) is 0 Å². The number of thioether (sulfide) groups is 1. The molecule has 3 aliphatic rings. The molecule has 2 aromatic rings. The van der Waals surface area contributed by atoms with Crippen LogP contribution in [0.3, 0.4) is 0 Å². The molecule has 2 fully saturated rings. The lowest BCUT2D eigenvalue weighted by Gasteiger charge is -2.22. The highest BCUT2D eigenvalue weighted by Gasteiger charge is 2.37. The first-order valence-electron chi connectivity index (χ1n) is 12.3. The first-order valence-corrected chi connectivity index (χ1v) is 13.1. The van der Waals surface area contributed by atoms with E-state index in [1.165, 1.54) is 14.2 Å². The van der Waals surface area contributed by atoms with E-state index >= 15 is 0 Å². The van der Waals surface area contributed by atoms with Crippen LogP contribution in [0.2, 0.25) is 0 Å². The number of nitrogens with one attached hydrogen (secondary N) is 1. The van der Waals surface area contributed by atoms with Crippen LogP contribution < -0.4 is 29.2 Å². The number of benzene rings is 2. The molecule has 11 nitrogen and oxygen atoms in total. The van der Waals surface area contributed by atoms with E-state index in [1.807, 2.05) is 0 Å². The van der Waals surface area contributed by atoms with Crippen LogP contribution >= 0.6 is 11.8 Å². The number of rotatable bonds is 8. The summed E-state index contributed by atoms with van der Waals surface area (Å²) in [5.41, 5.74) is 1.32. The van der Waals surface area contributed by atoms with E-state index in [9.17, 15) is 19.2 Å². The molecule has 204 valence electrons. The molecule has 4 amide bonds. The fourth-order valence-electron chi connectivity index (χ4n) is 4.55. The molecule has 5 rings (SSSR count). The number of amides is 4. The van der Waals surface area contributed by atoms with Crippen molar-refractivity contribution in [3.8, 4) is 23.0 Å². The Morgan fingerprint density at radius 2 is 1.82 bits per heavy atom. The standard InChI is InChI=1S/C27H27N3O8S/c1-35-19-5-3-16(11-21(19)36-2)12-23-26(33)29(27(34)39-23)8-7-28-25(32)17-13-24(31)30(15-17)18-4-6-20-22(14-18)38-10-9-37-20/h3-6,11-12,14,17H,7-10,13,15H2,1-2H3,(H,28,32)/b23-12+/t17-/m0/s1. The fraction of sp³-hybridized carbons (Fsp3) is 0.333. The van der Waals surface area contributed by atoms with Gasteiger partial charge < -0.3 is 29.2 Å². The Bertz CT molecular complexity index is 1360. The zero-order valence-corrected chi connectivity index (χ0v) is 22.2. The van der Waals surface area contributed by atoms with E-state index < -0.39 is 17.1 Å². The van der Waals surface area contributed by atoms with Gasteiger partial charge in [-0.1, -0.05) is 6.07 Å². The van der Waals surface area contributed by atoms with Crippen molar-refractivity contribution >= 4 is 46.5 Å². The fourth-order valence-corrected chi connectivity index (χ4v) is 5.42. The summed E-state index contributed by atoms with van der Waals surface area (Å²) >= 11 is 0.835. The number of anilines is 1. The Labute approximate surface area is 229 Å². The molecule has 0 bridgehead atoms. The highest BCUT2D eigenvalue weighted by Crippen LogP contribution is 2.36. The number of hydrogen-bond acceptors (Lipinski definition) is 9. The maximum Gasteiger partial charge on any atom is 0.293 e. The highest BCUT2D eigenvalue weighted by atomic mass is 32.2. The topological polar surface area (TPSA) is 124 Å². The average molecular weight is 554 g/mol. The summed E-state index contributed by atoms with van der Waals surface area (Å²) in [4.78, 5) is 53.7. The Hall–Kier alpha value is -4.19. The monoisotopic (exact) mass is 553 g/mol. The van der Waals surface area contributed by atoms with Gasteiger partial charge in [0.05, 0.1) is 25.0 Å². The number of hydrogen-bond donors (Lipinski definition) is 1. The zero-order chi connectivity index (χ0) is 27.5. The lowest BCUT2D eigenvalue weighted by Crippen LogP contribution is -2.40. The van der Waals surface area contributed by atoms with Gasteiger partial charge in [-0.05, 0) is 47.7 Å². The first-order chi connectivity index (χ1) is 18.9. The molecule has 0 spiro atoms.